The van der Waals surface area contributed by atoms with Gasteiger partial charge in [0.1, 0.15) is 5.78 Å². The zero-order valence-corrected chi connectivity index (χ0v) is 13.1. The van der Waals surface area contributed by atoms with Gasteiger partial charge in [-0.25, -0.2) is 4.79 Å². The molecule has 4 nitrogen and oxygen atoms in total. The maximum absolute atomic E-state index is 11.0. The van der Waals surface area contributed by atoms with Gasteiger partial charge in [0.05, 0.1) is 0 Å². The van der Waals surface area contributed by atoms with Crippen LogP contribution in [0, 0.1) is 0 Å². The lowest BCUT2D eigenvalue weighted by atomic mass is 10.0. The Kier molecular flexibility index (Phi) is 8.11. The standard InChI is InChI=1S/C18H24O4/c1-14(19)6-4-2-3-5-7-15-8-10-16(11-9-15)12-13-17(20)18(21)22/h8-11H,2-7,12-13H2,1H3,(H,21,22). The van der Waals surface area contributed by atoms with Crippen molar-refractivity contribution in [2.75, 3.05) is 0 Å². The van der Waals surface area contributed by atoms with Crippen molar-refractivity contribution in [1.29, 1.82) is 0 Å². The van der Waals surface area contributed by atoms with E-state index in [1.165, 1.54) is 5.56 Å². The number of carboxylic acids is 1. The molecule has 0 spiro atoms. The molecule has 1 aromatic carbocycles. The van der Waals surface area contributed by atoms with Crippen molar-refractivity contribution in [1.82, 2.24) is 0 Å². The quantitative estimate of drug-likeness (QED) is 0.502. The SMILES string of the molecule is CC(=O)CCCCCCc1ccc(CCC(=O)C(=O)O)cc1. The van der Waals surface area contributed by atoms with Gasteiger partial charge in [-0.15, -0.1) is 0 Å². The lowest BCUT2D eigenvalue weighted by Gasteiger charge is -2.04. The second-order valence-electron chi connectivity index (χ2n) is 5.66. The highest BCUT2D eigenvalue weighted by Crippen LogP contribution is 2.12. The van der Waals surface area contributed by atoms with Crippen molar-refractivity contribution in [2.45, 2.75) is 58.3 Å². The monoisotopic (exact) mass is 304 g/mol. The molecular weight excluding hydrogens is 280 g/mol. The Morgan fingerprint density at radius 2 is 1.36 bits per heavy atom. The van der Waals surface area contributed by atoms with E-state index in [0.29, 0.717) is 12.8 Å². The predicted octanol–water partition coefficient (Wildman–Crippen LogP) is 3.35. The number of aliphatic carboxylic acids is 1. The average Bonchev–Trinajstić information content (AvgIpc) is 2.49. The largest absolute Gasteiger partial charge is 0.476 e. The molecule has 120 valence electrons. The molecule has 0 amide bonds. The van der Waals surface area contributed by atoms with Crippen LogP contribution >= 0.6 is 0 Å². The molecule has 0 bridgehead atoms. The van der Waals surface area contributed by atoms with Crippen LogP contribution in [0.4, 0.5) is 0 Å². The molecular formula is C18H24O4. The van der Waals surface area contributed by atoms with Crippen molar-refractivity contribution in [3.63, 3.8) is 0 Å². The van der Waals surface area contributed by atoms with Crippen molar-refractivity contribution in [3.05, 3.63) is 35.4 Å². The lowest BCUT2D eigenvalue weighted by Crippen LogP contribution is -2.12. The number of unbranched alkanes of at least 4 members (excludes halogenated alkanes) is 3. The number of aryl methyl sites for hydroxylation is 2. The fraction of sp³-hybridized carbons (Fsp3) is 0.500. The van der Waals surface area contributed by atoms with Gasteiger partial charge in [0, 0.05) is 12.8 Å². The Bertz CT molecular complexity index is 502. The van der Waals surface area contributed by atoms with Gasteiger partial charge in [-0.1, -0.05) is 37.1 Å². The van der Waals surface area contributed by atoms with E-state index in [1.807, 2.05) is 24.3 Å². The van der Waals surface area contributed by atoms with E-state index in [0.717, 1.165) is 37.7 Å². The Balaban J connectivity index is 2.23. The highest BCUT2D eigenvalue weighted by atomic mass is 16.4. The number of hydrogen-bond acceptors (Lipinski definition) is 3. The van der Waals surface area contributed by atoms with Crippen LogP contribution < -0.4 is 0 Å². The molecule has 0 saturated heterocycles. The van der Waals surface area contributed by atoms with Crippen LogP contribution in [0.3, 0.4) is 0 Å². The second-order valence-corrected chi connectivity index (χ2v) is 5.66. The van der Waals surface area contributed by atoms with Gasteiger partial charge >= 0.3 is 5.97 Å². The van der Waals surface area contributed by atoms with E-state index >= 15 is 0 Å². The molecule has 0 atom stereocenters. The molecule has 0 saturated carbocycles. The number of benzene rings is 1. The van der Waals surface area contributed by atoms with Crippen LogP contribution in [0.2, 0.25) is 0 Å². The number of rotatable bonds is 11. The highest BCUT2D eigenvalue weighted by molar-refractivity contribution is 6.32. The summed E-state index contributed by atoms with van der Waals surface area (Å²) in [6.07, 6.45) is 6.51. The van der Waals surface area contributed by atoms with E-state index in [-0.39, 0.29) is 12.2 Å². The molecule has 0 fully saturated rings. The topological polar surface area (TPSA) is 71.4 Å². The summed E-state index contributed by atoms with van der Waals surface area (Å²) in [6, 6.07) is 7.99. The number of carbonyl (C=O) groups is 3. The zero-order chi connectivity index (χ0) is 16.4. The summed E-state index contributed by atoms with van der Waals surface area (Å²) >= 11 is 0. The normalized spacial score (nSPS) is 10.4. The Hall–Kier alpha value is -1.97. The molecule has 0 aromatic heterocycles. The molecule has 22 heavy (non-hydrogen) atoms. The van der Waals surface area contributed by atoms with Crippen LogP contribution in [0.5, 0.6) is 0 Å². The number of carbonyl (C=O) groups excluding carboxylic acids is 2. The summed E-state index contributed by atoms with van der Waals surface area (Å²) in [5.41, 5.74) is 2.24. The molecule has 0 aliphatic rings. The first-order valence-electron chi connectivity index (χ1n) is 7.82. The van der Waals surface area contributed by atoms with Gasteiger partial charge in [-0.3, -0.25) is 4.79 Å². The van der Waals surface area contributed by atoms with Crippen LogP contribution in [-0.2, 0) is 27.2 Å². The van der Waals surface area contributed by atoms with Gasteiger partial charge in [-0.05, 0) is 43.7 Å². The number of Topliss-reactive ketones (excluding diaryl/α,β-unsaturated/α-hetero) is 2. The maximum Gasteiger partial charge on any atom is 0.372 e. The molecule has 0 aliphatic carbocycles. The van der Waals surface area contributed by atoms with Crippen LogP contribution in [-0.4, -0.2) is 22.6 Å². The van der Waals surface area contributed by atoms with Gasteiger partial charge in [0.15, 0.2) is 0 Å². The van der Waals surface area contributed by atoms with Crippen LogP contribution in [0.1, 0.15) is 56.6 Å². The van der Waals surface area contributed by atoms with Crippen molar-refractivity contribution in [3.8, 4) is 0 Å². The fourth-order valence-electron chi connectivity index (χ4n) is 2.29. The molecule has 1 rings (SSSR count). The summed E-state index contributed by atoms with van der Waals surface area (Å²) in [4.78, 5) is 32.3. The van der Waals surface area contributed by atoms with Gasteiger partial charge in [-0.2, -0.15) is 0 Å². The van der Waals surface area contributed by atoms with Crippen molar-refractivity contribution in [2.24, 2.45) is 0 Å². The minimum Gasteiger partial charge on any atom is -0.476 e. The average molecular weight is 304 g/mol. The molecule has 0 aliphatic heterocycles. The third kappa shape index (κ3) is 7.72. The van der Waals surface area contributed by atoms with E-state index in [2.05, 4.69) is 0 Å². The molecule has 1 aromatic rings. The number of ketones is 2. The third-order valence-electron chi connectivity index (χ3n) is 3.65. The van der Waals surface area contributed by atoms with E-state index in [1.54, 1.807) is 6.92 Å². The number of hydrogen-bond donors (Lipinski definition) is 1. The zero-order valence-electron chi connectivity index (χ0n) is 13.1. The van der Waals surface area contributed by atoms with Gasteiger partial charge in [0.2, 0.25) is 5.78 Å². The fourth-order valence-corrected chi connectivity index (χ4v) is 2.29. The minimum atomic E-state index is -1.36. The Morgan fingerprint density at radius 3 is 1.91 bits per heavy atom. The first-order valence-corrected chi connectivity index (χ1v) is 7.82. The molecule has 0 unspecified atom stereocenters. The van der Waals surface area contributed by atoms with Crippen molar-refractivity contribution >= 4 is 17.5 Å². The maximum atomic E-state index is 11.0. The first kappa shape index (κ1) is 18.1. The summed E-state index contributed by atoms with van der Waals surface area (Å²) in [6.45, 7) is 1.63. The summed E-state index contributed by atoms with van der Waals surface area (Å²) in [5.74, 6) is -1.84. The van der Waals surface area contributed by atoms with E-state index in [4.69, 9.17) is 5.11 Å². The Morgan fingerprint density at radius 1 is 0.818 bits per heavy atom. The summed E-state index contributed by atoms with van der Waals surface area (Å²) in [5, 5.41) is 8.52. The van der Waals surface area contributed by atoms with Crippen LogP contribution in [0.15, 0.2) is 24.3 Å². The van der Waals surface area contributed by atoms with Crippen molar-refractivity contribution < 1.29 is 19.5 Å². The summed E-state index contributed by atoms with van der Waals surface area (Å²) < 4.78 is 0. The first-order chi connectivity index (χ1) is 10.5. The molecule has 4 heteroatoms. The van der Waals surface area contributed by atoms with Crippen LogP contribution in [0.25, 0.3) is 0 Å². The van der Waals surface area contributed by atoms with E-state index in [9.17, 15) is 14.4 Å². The molecule has 0 radical (unpaired) electrons. The molecule has 0 heterocycles. The second kappa shape index (κ2) is 9.87. The molecule has 1 N–H and O–H groups in total. The number of carboxylic acid groups (broad SMARTS) is 1. The third-order valence-corrected chi connectivity index (χ3v) is 3.65. The highest BCUT2D eigenvalue weighted by Gasteiger charge is 2.10. The minimum absolute atomic E-state index is 0.0465. The predicted molar refractivity (Wildman–Crippen MR) is 84.9 cm³/mol. The Labute approximate surface area is 131 Å². The summed E-state index contributed by atoms with van der Waals surface area (Å²) in [7, 11) is 0. The van der Waals surface area contributed by atoms with E-state index < -0.39 is 11.8 Å². The van der Waals surface area contributed by atoms with Gasteiger partial charge in [0.25, 0.3) is 0 Å². The lowest BCUT2D eigenvalue weighted by molar-refractivity contribution is -0.149. The smallest absolute Gasteiger partial charge is 0.372 e. The van der Waals surface area contributed by atoms with Gasteiger partial charge < -0.3 is 9.90 Å².